The Labute approximate surface area is 155 Å². The highest BCUT2D eigenvalue weighted by Crippen LogP contribution is 2.40. The van der Waals surface area contributed by atoms with Crippen molar-refractivity contribution in [2.75, 3.05) is 7.05 Å². The van der Waals surface area contributed by atoms with Crippen LogP contribution in [0.25, 0.3) is 6.08 Å². The molecule has 0 spiro atoms. The molecule has 0 atom stereocenters. The Morgan fingerprint density at radius 1 is 1.00 bits per heavy atom. The van der Waals surface area contributed by atoms with E-state index in [2.05, 4.69) is 46.9 Å². The number of hydrogen-bond acceptors (Lipinski definition) is 3. The maximum Gasteiger partial charge on any atom is 0.178 e. The highest BCUT2D eigenvalue weighted by atomic mass is 32.1. The van der Waals surface area contributed by atoms with Gasteiger partial charge in [-0.25, -0.2) is 0 Å². The Morgan fingerprint density at radius 3 is 1.79 bits per heavy atom. The zero-order valence-electron chi connectivity index (χ0n) is 15.4. The van der Waals surface area contributed by atoms with Gasteiger partial charge in [0, 0.05) is 18.2 Å². The minimum atomic E-state index is -0.158. The van der Waals surface area contributed by atoms with Gasteiger partial charge in [-0.2, -0.15) is 0 Å². The fourth-order valence-corrected chi connectivity index (χ4v) is 3.27. The van der Waals surface area contributed by atoms with Crippen LogP contribution in [0, 0.1) is 0 Å². The molecule has 1 aromatic rings. The molecule has 1 saturated heterocycles. The van der Waals surface area contributed by atoms with E-state index in [9.17, 15) is 5.11 Å². The van der Waals surface area contributed by atoms with Gasteiger partial charge in [0.15, 0.2) is 5.11 Å². The van der Waals surface area contributed by atoms with Crippen molar-refractivity contribution in [3.8, 4) is 5.75 Å². The number of nitrogens with one attached hydrogen (secondary N) is 1. The lowest BCUT2D eigenvalue weighted by Crippen LogP contribution is -2.23. The molecule has 1 aliphatic rings. The zero-order chi connectivity index (χ0) is 18.4. The molecule has 1 fully saturated rings. The molecule has 0 radical (unpaired) electrons. The van der Waals surface area contributed by atoms with Gasteiger partial charge in [0.2, 0.25) is 0 Å². The third-order valence-corrected chi connectivity index (χ3v) is 4.86. The maximum atomic E-state index is 10.8. The third kappa shape index (κ3) is 3.62. The first-order valence-electron chi connectivity index (χ1n) is 8.01. The van der Waals surface area contributed by atoms with Gasteiger partial charge in [-0.05, 0) is 46.8 Å². The molecule has 0 aliphatic carbocycles. The Kier molecular flexibility index (Phi) is 4.81. The summed E-state index contributed by atoms with van der Waals surface area (Å²) in [5, 5.41) is 14.4. The Morgan fingerprint density at radius 2 is 1.46 bits per heavy atom. The van der Waals surface area contributed by atoms with Gasteiger partial charge in [0.1, 0.15) is 10.7 Å². The van der Waals surface area contributed by atoms with Crippen molar-refractivity contribution in [2.24, 2.45) is 0 Å². The third-order valence-electron chi connectivity index (χ3n) is 4.17. The monoisotopic (exact) mass is 362 g/mol. The zero-order valence-corrected chi connectivity index (χ0v) is 17.1. The maximum absolute atomic E-state index is 10.8. The van der Waals surface area contributed by atoms with Crippen LogP contribution in [-0.2, 0) is 10.8 Å². The predicted molar refractivity (Wildman–Crippen MR) is 110 cm³/mol. The number of benzene rings is 1. The van der Waals surface area contributed by atoms with E-state index in [4.69, 9.17) is 24.4 Å². The molecule has 0 aromatic heterocycles. The van der Waals surface area contributed by atoms with Crippen molar-refractivity contribution in [1.82, 2.24) is 10.2 Å². The number of likely N-dealkylation sites (N-methyl/N-ethyl adjacent to an activating group) is 1. The molecular weight excluding hydrogens is 336 g/mol. The van der Waals surface area contributed by atoms with Crippen LogP contribution in [-0.4, -0.2) is 27.2 Å². The standard InChI is InChI=1S/C19H26N2OS2/c1-18(2,3)12-8-11(9-13(15(12)22)19(4,5)6)10-14-16(23)20-17(24)21(14)7/h8-10,22H,1-7H3,(H,20,23,24)/b14-10+. The van der Waals surface area contributed by atoms with Crippen LogP contribution in [0.5, 0.6) is 5.75 Å². The number of nitrogens with zero attached hydrogens (tertiary/aromatic N) is 1. The van der Waals surface area contributed by atoms with Gasteiger partial charge in [-0.3, -0.25) is 0 Å². The highest BCUT2D eigenvalue weighted by Gasteiger charge is 2.27. The van der Waals surface area contributed by atoms with Crippen LogP contribution < -0.4 is 5.32 Å². The summed E-state index contributed by atoms with van der Waals surface area (Å²) in [6.45, 7) is 12.6. The van der Waals surface area contributed by atoms with Gasteiger partial charge in [0.05, 0.1) is 5.70 Å². The normalized spacial score (nSPS) is 17.6. The first-order chi connectivity index (χ1) is 10.8. The second-order valence-corrected chi connectivity index (χ2v) is 9.11. The van der Waals surface area contributed by atoms with Gasteiger partial charge >= 0.3 is 0 Å². The van der Waals surface area contributed by atoms with E-state index in [1.54, 1.807) is 0 Å². The van der Waals surface area contributed by atoms with Crippen molar-refractivity contribution in [3.05, 3.63) is 34.5 Å². The first-order valence-corrected chi connectivity index (χ1v) is 8.82. The molecule has 1 aliphatic heterocycles. The minimum Gasteiger partial charge on any atom is -0.507 e. The van der Waals surface area contributed by atoms with E-state index in [1.807, 2.05) is 30.2 Å². The van der Waals surface area contributed by atoms with E-state index in [1.165, 1.54) is 0 Å². The molecule has 0 bridgehead atoms. The van der Waals surface area contributed by atoms with Crippen molar-refractivity contribution in [3.63, 3.8) is 0 Å². The Bertz CT molecular complexity index is 702. The molecule has 3 nitrogen and oxygen atoms in total. The second-order valence-electron chi connectivity index (χ2n) is 8.31. The highest BCUT2D eigenvalue weighted by molar-refractivity contribution is 7.82. The minimum absolute atomic E-state index is 0.158. The molecule has 130 valence electrons. The molecule has 0 amide bonds. The summed E-state index contributed by atoms with van der Waals surface area (Å²) in [6, 6.07) is 4.07. The lowest BCUT2D eigenvalue weighted by molar-refractivity contribution is 0.423. The number of aromatic hydroxyl groups is 1. The topological polar surface area (TPSA) is 35.5 Å². The van der Waals surface area contributed by atoms with Crippen molar-refractivity contribution >= 4 is 40.6 Å². The van der Waals surface area contributed by atoms with E-state index < -0.39 is 0 Å². The number of thiocarbonyl (C=S) groups is 2. The Hall–Kier alpha value is -1.46. The number of rotatable bonds is 1. The molecule has 2 rings (SSSR count). The molecular formula is C19H26N2OS2. The van der Waals surface area contributed by atoms with Gasteiger partial charge < -0.3 is 15.3 Å². The summed E-state index contributed by atoms with van der Waals surface area (Å²) in [5.41, 5.74) is 3.44. The van der Waals surface area contributed by atoms with Gasteiger partial charge in [0.25, 0.3) is 0 Å². The van der Waals surface area contributed by atoms with Gasteiger partial charge in [-0.1, -0.05) is 53.8 Å². The van der Waals surface area contributed by atoms with Crippen molar-refractivity contribution in [1.29, 1.82) is 0 Å². The second kappa shape index (κ2) is 6.12. The fraction of sp³-hybridized carbons (Fsp3) is 0.474. The molecule has 24 heavy (non-hydrogen) atoms. The summed E-state index contributed by atoms with van der Waals surface area (Å²) in [6.07, 6.45) is 2.03. The molecule has 5 heteroatoms. The number of phenolic OH excluding ortho intramolecular Hbond substituents is 1. The summed E-state index contributed by atoms with van der Waals surface area (Å²) < 4.78 is 0. The average molecular weight is 363 g/mol. The van der Waals surface area contributed by atoms with Crippen LogP contribution in [0.3, 0.4) is 0 Å². The van der Waals surface area contributed by atoms with Crippen LogP contribution >= 0.6 is 24.4 Å². The van der Waals surface area contributed by atoms with Crippen LogP contribution in [0.1, 0.15) is 58.2 Å². The lowest BCUT2D eigenvalue weighted by Gasteiger charge is -2.28. The lowest BCUT2D eigenvalue weighted by atomic mass is 9.78. The van der Waals surface area contributed by atoms with Crippen LogP contribution in [0.4, 0.5) is 0 Å². The van der Waals surface area contributed by atoms with E-state index in [0.717, 1.165) is 22.4 Å². The summed E-state index contributed by atoms with van der Waals surface area (Å²) in [7, 11) is 1.90. The van der Waals surface area contributed by atoms with Crippen molar-refractivity contribution in [2.45, 2.75) is 52.4 Å². The molecule has 1 aromatic carbocycles. The Balaban J connectivity index is 2.68. The summed E-state index contributed by atoms with van der Waals surface area (Å²) in [5.74, 6) is 0.383. The number of hydrogen-bond donors (Lipinski definition) is 2. The van der Waals surface area contributed by atoms with Crippen molar-refractivity contribution < 1.29 is 5.11 Å². The smallest absolute Gasteiger partial charge is 0.178 e. The summed E-state index contributed by atoms with van der Waals surface area (Å²) in [4.78, 5) is 2.50. The van der Waals surface area contributed by atoms with Crippen LogP contribution in [0.15, 0.2) is 17.8 Å². The van der Waals surface area contributed by atoms with E-state index in [-0.39, 0.29) is 10.8 Å². The largest absolute Gasteiger partial charge is 0.507 e. The predicted octanol–water partition coefficient (Wildman–Crippen LogP) is 4.48. The molecule has 2 N–H and O–H groups in total. The first kappa shape index (κ1) is 18.9. The SMILES string of the molecule is CN1C(=S)NC(=S)/C1=C\c1cc(C(C)(C)C)c(O)c(C(C)(C)C)c1. The fourth-order valence-electron chi connectivity index (χ4n) is 2.71. The molecule has 0 unspecified atom stereocenters. The number of phenols is 1. The molecule has 1 heterocycles. The van der Waals surface area contributed by atoms with E-state index >= 15 is 0 Å². The van der Waals surface area contributed by atoms with Crippen LogP contribution in [0.2, 0.25) is 0 Å². The quantitative estimate of drug-likeness (QED) is 0.569. The average Bonchev–Trinajstić information content (AvgIpc) is 2.64. The summed E-state index contributed by atoms with van der Waals surface area (Å²) >= 11 is 10.6. The van der Waals surface area contributed by atoms with E-state index in [0.29, 0.717) is 15.9 Å². The molecule has 0 saturated carbocycles. The van der Waals surface area contributed by atoms with Gasteiger partial charge in [-0.15, -0.1) is 0 Å².